The molecule has 1 aromatic heterocycles. The number of hydrogen-bond donors (Lipinski definition) is 0. The molecule has 1 fully saturated rings. The van der Waals surface area contributed by atoms with Crippen LogP contribution in [0.2, 0.25) is 0 Å². The lowest BCUT2D eigenvalue weighted by atomic mass is 10.1. The maximum absolute atomic E-state index is 6.03. The van der Waals surface area contributed by atoms with E-state index in [2.05, 4.69) is 41.1 Å². The van der Waals surface area contributed by atoms with E-state index in [1.165, 1.54) is 11.1 Å². The molecule has 1 aliphatic heterocycles. The fourth-order valence-electron chi connectivity index (χ4n) is 3.23. The molecule has 4 rings (SSSR count). The highest BCUT2D eigenvalue weighted by atomic mass is 16.5. The van der Waals surface area contributed by atoms with E-state index >= 15 is 0 Å². The van der Waals surface area contributed by atoms with Gasteiger partial charge in [0.1, 0.15) is 24.2 Å². The lowest BCUT2D eigenvalue weighted by molar-refractivity contribution is 0.0140. The SMILES string of the molecule is Cc1ccc(OC2CN(Cc3ccccc3OCCn3ccnc3)C2)cc1. The Kier molecular flexibility index (Phi) is 5.39. The fraction of sp³-hybridized carbons (Fsp3) is 0.318. The molecule has 1 saturated heterocycles. The van der Waals surface area contributed by atoms with Crippen LogP contribution in [-0.2, 0) is 13.1 Å². The van der Waals surface area contributed by atoms with Gasteiger partial charge in [-0.3, -0.25) is 4.90 Å². The predicted octanol–water partition coefficient (Wildman–Crippen LogP) is 3.53. The van der Waals surface area contributed by atoms with Gasteiger partial charge in [0, 0.05) is 37.6 Å². The van der Waals surface area contributed by atoms with Gasteiger partial charge in [0.2, 0.25) is 0 Å². The summed E-state index contributed by atoms with van der Waals surface area (Å²) < 4.78 is 14.1. The van der Waals surface area contributed by atoms with Crippen molar-refractivity contribution < 1.29 is 9.47 Å². The molecule has 5 heteroatoms. The first kappa shape index (κ1) is 17.6. The quantitative estimate of drug-likeness (QED) is 0.614. The monoisotopic (exact) mass is 363 g/mol. The Balaban J connectivity index is 1.26. The van der Waals surface area contributed by atoms with Crippen LogP contribution in [0.5, 0.6) is 11.5 Å². The Bertz CT molecular complexity index is 840. The molecule has 2 heterocycles. The van der Waals surface area contributed by atoms with Crippen LogP contribution >= 0.6 is 0 Å². The molecule has 140 valence electrons. The van der Waals surface area contributed by atoms with E-state index in [4.69, 9.17) is 9.47 Å². The van der Waals surface area contributed by atoms with Crippen molar-refractivity contribution in [2.75, 3.05) is 19.7 Å². The van der Waals surface area contributed by atoms with E-state index in [0.717, 1.165) is 37.7 Å². The first-order valence-corrected chi connectivity index (χ1v) is 9.38. The van der Waals surface area contributed by atoms with Gasteiger partial charge in [-0.2, -0.15) is 0 Å². The van der Waals surface area contributed by atoms with Crippen molar-refractivity contribution in [3.8, 4) is 11.5 Å². The van der Waals surface area contributed by atoms with Crippen molar-refractivity contribution in [3.63, 3.8) is 0 Å². The number of aryl methyl sites for hydroxylation is 1. The van der Waals surface area contributed by atoms with Gasteiger partial charge in [-0.25, -0.2) is 4.98 Å². The minimum atomic E-state index is 0.266. The molecule has 0 amide bonds. The van der Waals surface area contributed by atoms with Gasteiger partial charge in [-0.15, -0.1) is 0 Å². The van der Waals surface area contributed by atoms with E-state index < -0.39 is 0 Å². The second-order valence-electron chi connectivity index (χ2n) is 7.00. The van der Waals surface area contributed by atoms with Crippen molar-refractivity contribution in [3.05, 3.63) is 78.4 Å². The molecule has 0 radical (unpaired) electrons. The number of ether oxygens (including phenoxy) is 2. The largest absolute Gasteiger partial charge is 0.491 e. The lowest BCUT2D eigenvalue weighted by Gasteiger charge is -2.39. The van der Waals surface area contributed by atoms with Gasteiger partial charge in [0.05, 0.1) is 12.9 Å². The second-order valence-corrected chi connectivity index (χ2v) is 7.00. The molecule has 3 aromatic rings. The maximum Gasteiger partial charge on any atom is 0.124 e. The average Bonchev–Trinajstić information content (AvgIpc) is 3.16. The first-order chi connectivity index (χ1) is 13.3. The number of hydrogen-bond acceptors (Lipinski definition) is 4. The summed E-state index contributed by atoms with van der Waals surface area (Å²) in [4.78, 5) is 6.44. The van der Waals surface area contributed by atoms with Crippen LogP contribution in [0.4, 0.5) is 0 Å². The minimum absolute atomic E-state index is 0.266. The van der Waals surface area contributed by atoms with Crippen LogP contribution < -0.4 is 9.47 Å². The van der Waals surface area contributed by atoms with Crippen LogP contribution in [0, 0.1) is 6.92 Å². The first-order valence-electron chi connectivity index (χ1n) is 9.38. The van der Waals surface area contributed by atoms with E-state index in [9.17, 15) is 0 Å². The van der Waals surface area contributed by atoms with E-state index in [1.807, 2.05) is 41.4 Å². The number of para-hydroxylation sites is 1. The molecule has 0 unspecified atom stereocenters. The molecular formula is C22H25N3O2. The summed E-state index contributed by atoms with van der Waals surface area (Å²) in [6, 6.07) is 16.5. The van der Waals surface area contributed by atoms with Gasteiger partial charge in [-0.05, 0) is 25.1 Å². The number of aromatic nitrogens is 2. The van der Waals surface area contributed by atoms with Crippen molar-refractivity contribution in [2.24, 2.45) is 0 Å². The summed E-state index contributed by atoms with van der Waals surface area (Å²) in [5.41, 5.74) is 2.47. The molecule has 1 aliphatic rings. The third-order valence-electron chi connectivity index (χ3n) is 4.78. The van der Waals surface area contributed by atoms with Crippen LogP contribution in [0.25, 0.3) is 0 Å². The molecule has 0 saturated carbocycles. The summed E-state index contributed by atoms with van der Waals surface area (Å²) in [6.07, 6.45) is 5.81. The molecule has 0 bridgehead atoms. The van der Waals surface area contributed by atoms with Crippen molar-refractivity contribution in [1.29, 1.82) is 0 Å². The number of benzene rings is 2. The molecule has 0 spiro atoms. The molecular weight excluding hydrogens is 338 g/mol. The van der Waals surface area contributed by atoms with Gasteiger partial charge in [0.25, 0.3) is 0 Å². The van der Waals surface area contributed by atoms with Gasteiger partial charge < -0.3 is 14.0 Å². The van der Waals surface area contributed by atoms with Crippen molar-refractivity contribution >= 4 is 0 Å². The number of nitrogens with zero attached hydrogens (tertiary/aromatic N) is 3. The third kappa shape index (κ3) is 4.68. The average molecular weight is 363 g/mol. The molecule has 2 aromatic carbocycles. The molecule has 5 nitrogen and oxygen atoms in total. The second kappa shape index (κ2) is 8.27. The van der Waals surface area contributed by atoms with E-state index in [0.29, 0.717) is 6.61 Å². The topological polar surface area (TPSA) is 39.5 Å². The summed E-state index contributed by atoms with van der Waals surface area (Å²) in [7, 11) is 0. The summed E-state index contributed by atoms with van der Waals surface area (Å²) in [5.74, 6) is 1.91. The van der Waals surface area contributed by atoms with Gasteiger partial charge in [-0.1, -0.05) is 35.9 Å². The summed E-state index contributed by atoms with van der Waals surface area (Å²) in [5, 5.41) is 0. The Morgan fingerprint density at radius 3 is 2.67 bits per heavy atom. The number of likely N-dealkylation sites (tertiary alicyclic amines) is 1. The van der Waals surface area contributed by atoms with Crippen molar-refractivity contribution in [1.82, 2.24) is 14.5 Å². The Morgan fingerprint density at radius 1 is 1.07 bits per heavy atom. The van der Waals surface area contributed by atoms with Crippen LogP contribution in [0.15, 0.2) is 67.3 Å². The molecule has 0 N–H and O–H groups in total. The highest BCUT2D eigenvalue weighted by molar-refractivity contribution is 5.33. The highest BCUT2D eigenvalue weighted by Gasteiger charge is 2.28. The molecule has 0 aliphatic carbocycles. The third-order valence-corrected chi connectivity index (χ3v) is 4.78. The predicted molar refractivity (Wildman–Crippen MR) is 105 cm³/mol. The zero-order valence-corrected chi connectivity index (χ0v) is 15.6. The smallest absolute Gasteiger partial charge is 0.124 e. The zero-order valence-electron chi connectivity index (χ0n) is 15.6. The fourth-order valence-corrected chi connectivity index (χ4v) is 3.23. The molecule has 0 atom stereocenters. The Morgan fingerprint density at radius 2 is 1.89 bits per heavy atom. The van der Waals surface area contributed by atoms with Crippen molar-refractivity contribution in [2.45, 2.75) is 26.1 Å². The van der Waals surface area contributed by atoms with Gasteiger partial charge in [0.15, 0.2) is 0 Å². The van der Waals surface area contributed by atoms with E-state index in [-0.39, 0.29) is 6.10 Å². The van der Waals surface area contributed by atoms with Gasteiger partial charge >= 0.3 is 0 Å². The van der Waals surface area contributed by atoms with Crippen LogP contribution in [0.3, 0.4) is 0 Å². The van der Waals surface area contributed by atoms with Crippen LogP contribution in [-0.4, -0.2) is 40.3 Å². The Hall–Kier alpha value is -2.79. The summed E-state index contributed by atoms with van der Waals surface area (Å²) >= 11 is 0. The van der Waals surface area contributed by atoms with E-state index in [1.54, 1.807) is 6.20 Å². The number of imidazole rings is 1. The molecule has 27 heavy (non-hydrogen) atoms. The number of rotatable bonds is 8. The standard InChI is InChI=1S/C22H25N3O2/c1-18-6-8-20(9-7-18)27-21-15-25(16-21)14-19-4-2-3-5-22(19)26-13-12-24-11-10-23-17-24/h2-11,17,21H,12-16H2,1H3. The normalized spacial score (nSPS) is 14.7. The Labute approximate surface area is 160 Å². The highest BCUT2D eigenvalue weighted by Crippen LogP contribution is 2.24. The summed E-state index contributed by atoms with van der Waals surface area (Å²) in [6.45, 7) is 6.28. The minimum Gasteiger partial charge on any atom is -0.491 e. The maximum atomic E-state index is 6.03. The lowest BCUT2D eigenvalue weighted by Crippen LogP contribution is -2.53. The zero-order chi connectivity index (χ0) is 18.5. The van der Waals surface area contributed by atoms with Crippen LogP contribution in [0.1, 0.15) is 11.1 Å².